The third-order valence-corrected chi connectivity index (χ3v) is 4.32. The normalized spacial score (nSPS) is 11.5. The topological polar surface area (TPSA) is 113 Å². The van der Waals surface area contributed by atoms with Crippen LogP contribution in [-0.2, 0) is 16.6 Å². The van der Waals surface area contributed by atoms with Gasteiger partial charge in [-0.15, -0.1) is 5.10 Å². The maximum Gasteiger partial charge on any atom is 0.266 e. The van der Waals surface area contributed by atoms with Crippen LogP contribution in [0.3, 0.4) is 0 Å². The van der Waals surface area contributed by atoms with Crippen LogP contribution in [0.2, 0.25) is 0 Å². The molecular weight excluding hydrogens is 292 g/mol. The SMILES string of the molecule is CCCNCc1n[nH]c(C)c1S(=O)(=O)Nc1cccnn1. The molecule has 0 aliphatic carbocycles. The average molecular weight is 310 g/mol. The summed E-state index contributed by atoms with van der Waals surface area (Å²) in [5, 5.41) is 17.3. The minimum atomic E-state index is -3.75. The van der Waals surface area contributed by atoms with Gasteiger partial charge in [0, 0.05) is 12.7 Å². The number of nitrogens with one attached hydrogen (secondary N) is 3. The van der Waals surface area contributed by atoms with Crippen molar-refractivity contribution in [3.63, 3.8) is 0 Å². The first-order valence-corrected chi connectivity index (χ1v) is 8.08. The number of anilines is 1. The molecule has 21 heavy (non-hydrogen) atoms. The molecule has 0 aliphatic heterocycles. The molecule has 8 nitrogen and oxygen atoms in total. The highest BCUT2D eigenvalue weighted by atomic mass is 32.2. The van der Waals surface area contributed by atoms with Crippen LogP contribution in [0.25, 0.3) is 0 Å². The summed E-state index contributed by atoms with van der Waals surface area (Å²) in [6.07, 6.45) is 2.43. The van der Waals surface area contributed by atoms with Gasteiger partial charge in [0.2, 0.25) is 0 Å². The number of aromatic nitrogens is 4. The summed E-state index contributed by atoms with van der Waals surface area (Å²) in [6, 6.07) is 3.14. The Morgan fingerprint density at radius 2 is 2.19 bits per heavy atom. The first kappa shape index (κ1) is 15.4. The number of H-pyrrole nitrogens is 1. The maximum absolute atomic E-state index is 12.5. The van der Waals surface area contributed by atoms with E-state index in [4.69, 9.17) is 0 Å². The number of sulfonamides is 1. The van der Waals surface area contributed by atoms with Crippen LogP contribution >= 0.6 is 0 Å². The predicted octanol–water partition coefficient (Wildman–Crippen LogP) is 0.809. The Kier molecular flexibility index (Phi) is 4.86. The molecule has 0 fully saturated rings. The number of rotatable bonds is 7. The molecule has 0 saturated carbocycles. The van der Waals surface area contributed by atoms with Crippen molar-refractivity contribution in [2.75, 3.05) is 11.3 Å². The third kappa shape index (κ3) is 3.76. The number of aryl methyl sites for hydroxylation is 1. The third-order valence-electron chi connectivity index (χ3n) is 2.76. The molecule has 0 atom stereocenters. The van der Waals surface area contributed by atoms with E-state index in [0.29, 0.717) is 17.9 Å². The molecule has 2 aromatic heterocycles. The molecule has 3 N–H and O–H groups in total. The van der Waals surface area contributed by atoms with E-state index < -0.39 is 10.0 Å². The summed E-state index contributed by atoms with van der Waals surface area (Å²) in [5.41, 5.74) is 0.942. The highest BCUT2D eigenvalue weighted by Crippen LogP contribution is 2.20. The Hall–Kier alpha value is -2.00. The van der Waals surface area contributed by atoms with Crippen molar-refractivity contribution in [3.8, 4) is 0 Å². The number of aromatic amines is 1. The van der Waals surface area contributed by atoms with Gasteiger partial charge in [-0.2, -0.15) is 10.2 Å². The molecule has 0 amide bonds. The molecule has 114 valence electrons. The zero-order chi connectivity index (χ0) is 15.3. The molecular formula is C12H18N6O2S. The molecule has 0 bridgehead atoms. The van der Waals surface area contributed by atoms with Gasteiger partial charge in [0.05, 0.1) is 11.4 Å². The van der Waals surface area contributed by atoms with Gasteiger partial charge in [-0.05, 0) is 32.0 Å². The Labute approximate surface area is 123 Å². The summed E-state index contributed by atoms with van der Waals surface area (Å²) in [6.45, 7) is 4.88. The Balaban J connectivity index is 2.25. The smallest absolute Gasteiger partial charge is 0.266 e. The van der Waals surface area contributed by atoms with E-state index in [1.165, 1.54) is 12.3 Å². The van der Waals surface area contributed by atoms with Crippen LogP contribution in [-0.4, -0.2) is 35.4 Å². The van der Waals surface area contributed by atoms with Crippen LogP contribution in [0.5, 0.6) is 0 Å². The number of hydrogen-bond acceptors (Lipinski definition) is 6. The van der Waals surface area contributed by atoms with Gasteiger partial charge >= 0.3 is 0 Å². The summed E-state index contributed by atoms with van der Waals surface area (Å²) in [5.74, 6) is 0.172. The predicted molar refractivity (Wildman–Crippen MR) is 78.2 cm³/mol. The number of hydrogen-bond donors (Lipinski definition) is 3. The largest absolute Gasteiger partial charge is 0.311 e. The van der Waals surface area contributed by atoms with E-state index in [1.54, 1.807) is 13.0 Å². The van der Waals surface area contributed by atoms with Crippen molar-refractivity contribution < 1.29 is 8.42 Å². The first-order chi connectivity index (χ1) is 10.0. The van der Waals surface area contributed by atoms with E-state index in [9.17, 15) is 8.42 Å². The van der Waals surface area contributed by atoms with E-state index in [2.05, 4.69) is 30.4 Å². The molecule has 2 aromatic rings. The molecule has 2 heterocycles. The second-order valence-corrected chi connectivity index (χ2v) is 6.13. The molecule has 9 heteroatoms. The summed E-state index contributed by atoms with van der Waals surface area (Å²) in [4.78, 5) is 0.150. The van der Waals surface area contributed by atoms with Gasteiger partial charge < -0.3 is 5.32 Å². The monoisotopic (exact) mass is 310 g/mol. The minimum absolute atomic E-state index is 0.150. The van der Waals surface area contributed by atoms with Crippen LogP contribution in [0.4, 0.5) is 5.82 Å². The molecule has 0 saturated heterocycles. The Morgan fingerprint density at radius 3 is 2.86 bits per heavy atom. The van der Waals surface area contributed by atoms with Gasteiger partial charge in [0.25, 0.3) is 10.0 Å². The lowest BCUT2D eigenvalue weighted by Crippen LogP contribution is -2.20. The fraction of sp³-hybridized carbons (Fsp3) is 0.417. The first-order valence-electron chi connectivity index (χ1n) is 6.59. The van der Waals surface area contributed by atoms with E-state index in [1.807, 2.05) is 6.92 Å². The number of nitrogens with zero attached hydrogens (tertiary/aromatic N) is 3. The molecule has 0 radical (unpaired) electrons. The molecule has 0 aliphatic rings. The van der Waals surface area contributed by atoms with Gasteiger partial charge in [0.15, 0.2) is 5.82 Å². The summed E-state index contributed by atoms with van der Waals surface area (Å²) in [7, 11) is -3.75. The van der Waals surface area contributed by atoms with Crippen LogP contribution in [0, 0.1) is 6.92 Å². The molecule has 0 spiro atoms. The maximum atomic E-state index is 12.5. The van der Waals surface area contributed by atoms with Crippen molar-refractivity contribution in [3.05, 3.63) is 29.7 Å². The van der Waals surface area contributed by atoms with Gasteiger partial charge in [-0.1, -0.05) is 6.92 Å². The zero-order valence-corrected chi connectivity index (χ0v) is 12.7. The van der Waals surface area contributed by atoms with Crippen molar-refractivity contribution >= 4 is 15.8 Å². The Bertz CT molecular complexity index is 683. The van der Waals surface area contributed by atoms with Crippen molar-refractivity contribution in [2.24, 2.45) is 0 Å². The zero-order valence-electron chi connectivity index (χ0n) is 11.9. The average Bonchev–Trinajstić information content (AvgIpc) is 2.82. The Morgan fingerprint density at radius 1 is 1.38 bits per heavy atom. The van der Waals surface area contributed by atoms with Crippen LogP contribution < -0.4 is 10.0 Å². The van der Waals surface area contributed by atoms with Crippen molar-refractivity contribution in [1.82, 2.24) is 25.7 Å². The lowest BCUT2D eigenvalue weighted by Gasteiger charge is -2.08. The molecule has 0 aromatic carbocycles. The van der Waals surface area contributed by atoms with E-state index in [0.717, 1.165) is 13.0 Å². The fourth-order valence-electron chi connectivity index (χ4n) is 1.87. The van der Waals surface area contributed by atoms with Gasteiger partial charge in [-0.25, -0.2) is 8.42 Å². The highest BCUT2D eigenvalue weighted by molar-refractivity contribution is 7.92. The fourth-order valence-corrected chi connectivity index (χ4v) is 3.24. The highest BCUT2D eigenvalue weighted by Gasteiger charge is 2.24. The van der Waals surface area contributed by atoms with Crippen molar-refractivity contribution in [2.45, 2.75) is 31.7 Å². The molecule has 2 rings (SSSR count). The lowest BCUT2D eigenvalue weighted by atomic mass is 10.3. The van der Waals surface area contributed by atoms with Crippen molar-refractivity contribution in [1.29, 1.82) is 0 Å². The lowest BCUT2D eigenvalue weighted by molar-refractivity contribution is 0.596. The van der Waals surface area contributed by atoms with Crippen LogP contribution in [0.1, 0.15) is 24.7 Å². The van der Waals surface area contributed by atoms with E-state index in [-0.39, 0.29) is 10.7 Å². The van der Waals surface area contributed by atoms with E-state index >= 15 is 0 Å². The second-order valence-electron chi connectivity index (χ2n) is 4.52. The van der Waals surface area contributed by atoms with Gasteiger partial charge in [-0.3, -0.25) is 9.82 Å². The van der Waals surface area contributed by atoms with Crippen LogP contribution in [0.15, 0.2) is 23.2 Å². The quantitative estimate of drug-likeness (QED) is 0.652. The minimum Gasteiger partial charge on any atom is -0.311 e. The summed E-state index contributed by atoms with van der Waals surface area (Å²) >= 11 is 0. The molecule has 0 unspecified atom stereocenters. The second kappa shape index (κ2) is 6.64. The summed E-state index contributed by atoms with van der Waals surface area (Å²) < 4.78 is 27.3. The standard InChI is InChI=1S/C12H18N6O2S/c1-3-6-13-8-10-12(9(2)15-16-10)21(19,20)18-11-5-4-7-14-17-11/h4-5,7,13H,3,6,8H2,1-2H3,(H,15,16)(H,17,18). The van der Waals surface area contributed by atoms with Gasteiger partial charge in [0.1, 0.15) is 4.90 Å².